The molecule has 1 heterocycles. The van der Waals surface area contributed by atoms with E-state index in [0.717, 1.165) is 27.7 Å². The summed E-state index contributed by atoms with van der Waals surface area (Å²) in [6.45, 7) is 5.59. The Morgan fingerprint density at radius 1 is 1.19 bits per heavy atom. The van der Waals surface area contributed by atoms with Crippen molar-refractivity contribution in [3.63, 3.8) is 0 Å². The fraction of sp³-hybridized carbons (Fsp3) is 0.350. The lowest BCUT2D eigenvalue weighted by Crippen LogP contribution is -2.36. The molecule has 3 rings (SSSR count). The molecule has 1 aromatic heterocycles. The van der Waals surface area contributed by atoms with Gasteiger partial charge in [0, 0.05) is 12.6 Å². The van der Waals surface area contributed by atoms with Crippen molar-refractivity contribution in [2.45, 2.75) is 32.5 Å². The lowest BCUT2D eigenvalue weighted by atomic mass is 10.0. The molecule has 0 aliphatic carbocycles. The van der Waals surface area contributed by atoms with Crippen LogP contribution in [0, 0.1) is 0 Å². The van der Waals surface area contributed by atoms with Crippen LogP contribution in [-0.2, 0) is 4.74 Å². The second kappa shape index (κ2) is 7.62. The lowest BCUT2D eigenvalue weighted by Gasteiger charge is -2.26. The monoisotopic (exact) mass is 385 g/mol. The smallest absolute Gasteiger partial charge is 0.410 e. The van der Waals surface area contributed by atoms with Gasteiger partial charge in [0.2, 0.25) is 0 Å². The van der Waals surface area contributed by atoms with Gasteiger partial charge in [0.15, 0.2) is 0 Å². The third kappa shape index (κ3) is 4.61. The largest absolute Gasteiger partial charge is 0.444 e. The number of amides is 1. The first-order chi connectivity index (χ1) is 12.7. The summed E-state index contributed by atoms with van der Waals surface area (Å²) < 4.78 is 13.9. The standard InChI is InChI=1S/C20H23N3O3S/c1-20(2,3)26-19(25)23(4)12-17(24)14-10-8-13(9-11-14)15-6-5-7-16-18(15)22-27-21-16/h5-11,17,24H,12H2,1-4H3. The molecule has 0 radical (unpaired) electrons. The van der Waals surface area contributed by atoms with Crippen LogP contribution in [0.2, 0.25) is 0 Å². The first kappa shape index (κ1) is 19.3. The lowest BCUT2D eigenvalue weighted by molar-refractivity contribution is 0.0205. The minimum atomic E-state index is -0.798. The van der Waals surface area contributed by atoms with Crippen molar-refractivity contribution < 1.29 is 14.6 Å². The van der Waals surface area contributed by atoms with Crippen LogP contribution in [0.15, 0.2) is 42.5 Å². The molecule has 0 aliphatic heterocycles. The maximum absolute atomic E-state index is 12.0. The average Bonchev–Trinajstić information content (AvgIpc) is 3.09. The molecule has 7 heteroatoms. The molecule has 0 saturated heterocycles. The number of aromatic nitrogens is 2. The number of nitrogens with zero attached hydrogens (tertiary/aromatic N) is 3. The fourth-order valence-electron chi connectivity index (χ4n) is 2.70. The van der Waals surface area contributed by atoms with Crippen molar-refractivity contribution in [1.82, 2.24) is 13.6 Å². The molecule has 6 nitrogen and oxygen atoms in total. The van der Waals surface area contributed by atoms with E-state index in [2.05, 4.69) is 8.75 Å². The Kier molecular flexibility index (Phi) is 5.43. The zero-order valence-corrected chi connectivity index (χ0v) is 16.7. The van der Waals surface area contributed by atoms with Crippen molar-refractivity contribution in [3.05, 3.63) is 48.0 Å². The number of carbonyl (C=O) groups is 1. The van der Waals surface area contributed by atoms with Crippen LogP contribution in [0.1, 0.15) is 32.4 Å². The van der Waals surface area contributed by atoms with Crippen molar-refractivity contribution in [2.75, 3.05) is 13.6 Å². The predicted octanol–water partition coefficient (Wildman–Crippen LogP) is 4.26. The SMILES string of the molecule is CN(CC(O)c1ccc(-c2cccc3nsnc23)cc1)C(=O)OC(C)(C)C. The van der Waals surface area contributed by atoms with E-state index in [1.54, 1.807) is 7.05 Å². The summed E-state index contributed by atoms with van der Waals surface area (Å²) in [4.78, 5) is 13.4. The number of hydrogen-bond acceptors (Lipinski definition) is 6. The average molecular weight is 385 g/mol. The van der Waals surface area contributed by atoms with Crippen molar-refractivity contribution in [1.29, 1.82) is 0 Å². The predicted molar refractivity (Wildman–Crippen MR) is 107 cm³/mol. The Hall–Kier alpha value is -2.51. The molecule has 1 atom stereocenters. The van der Waals surface area contributed by atoms with Gasteiger partial charge in [-0.3, -0.25) is 0 Å². The van der Waals surface area contributed by atoms with E-state index < -0.39 is 17.8 Å². The number of aliphatic hydroxyl groups excluding tert-OH is 1. The summed E-state index contributed by atoms with van der Waals surface area (Å²) >= 11 is 1.19. The van der Waals surface area contributed by atoms with Gasteiger partial charge in [0.05, 0.1) is 24.4 Å². The molecular formula is C20H23N3O3S. The maximum atomic E-state index is 12.0. The Balaban J connectivity index is 1.71. The number of hydrogen-bond donors (Lipinski definition) is 1. The minimum Gasteiger partial charge on any atom is -0.444 e. The van der Waals surface area contributed by atoms with Gasteiger partial charge in [-0.25, -0.2) is 4.79 Å². The van der Waals surface area contributed by atoms with E-state index in [0.29, 0.717) is 0 Å². The van der Waals surface area contributed by atoms with Gasteiger partial charge in [-0.1, -0.05) is 36.4 Å². The number of benzene rings is 2. The summed E-state index contributed by atoms with van der Waals surface area (Å²) in [5.74, 6) is 0. The van der Waals surface area contributed by atoms with Gasteiger partial charge in [-0.15, -0.1) is 0 Å². The molecule has 1 amide bonds. The third-order valence-electron chi connectivity index (χ3n) is 4.04. The van der Waals surface area contributed by atoms with Crippen molar-refractivity contribution in [2.24, 2.45) is 0 Å². The van der Waals surface area contributed by atoms with Crippen molar-refractivity contribution in [3.8, 4) is 11.1 Å². The van der Waals surface area contributed by atoms with Crippen molar-refractivity contribution >= 4 is 28.9 Å². The zero-order valence-electron chi connectivity index (χ0n) is 15.8. The number of likely N-dealkylation sites (N-methyl/N-ethyl adjacent to an activating group) is 1. The van der Waals surface area contributed by atoms with Crippen LogP contribution in [0.4, 0.5) is 4.79 Å². The number of aliphatic hydroxyl groups is 1. The highest BCUT2D eigenvalue weighted by Gasteiger charge is 2.22. The first-order valence-electron chi connectivity index (χ1n) is 8.68. The summed E-state index contributed by atoms with van der Waals surface area (Å²) in [5.41, 5.74) is 3.93. The van der Waals surface area contributed by atoms with E-state index in [1.807, 2.05) is 63.2 Å². The molecule has 27 heavy (non-hydrogen) atoms. The molecule has 0 bridgehead atoms. The number of ether oxygens (including phenoxy) is 1. The number of rotatable bonds is 4. The van der Waals surface area contributed by atoms with Crippen LogP contribution >= 0.6 is 11.7 Å². The molecule has 2 aromatic carbocycles. The topological polar surface area (TPSA) is 75.5 Å². The molecule has 3 aromatic rings. The molecule has 1 N–H and O–H groups in total. The van der Waals surface area contributed by atoms with Gasteiger partial charge in [0.25, 0.3) is 0 Å². The van der Waals surface area contributed by atoms with Crippen LogP contribution in [0.25, 0.3) is 22.2 Å². The van der Waals surface area contributed by atoms with E-state index >= 15 is 0 Å². The van der Waals surface area contributed by atoms with Gasteiger partial charge in [-0.2, -0.15) is 8.75 Å². The minimum absolute atomic E-state index is 0.153. The summed E-state index contributed by atoms with van der Waals surface area (Å²) in [5, 5.41) is 10.5. The highest BCUT2D eigenvalue weighted by Crippen LogP contribution is 2.28. The first-order valence-corrected chi connectivity index (χ1v) is 9.41. The maximum Gasteiger partial charge on any atom is 0.410 e. The van der Waals surface area contributed by atoms with Crippen LogP contribution in [0.5, 0.6) is 0 Å². The van der Waals surface area contributed by atoms with Gasteiger partial charge in [-0.05, 0) is 38.0 Å². The second-order valence-corrected chi connectivity index (χ2v) is 7.96. The van der Waals surface area contributed by atoms with Gasteiger partial charge in [0.1, 0.15) is 16.6 Å². The van der Waals surface area contributed by atoms with Crippen LogP contribution in [-0.4, -0.2) is 44.0 Å². The molecule has 1 unspecified atom stereocenters. The van der Waals surface area contributed by atoms with E-state index in [9.17, 15) is 9.90 Å². The molecule has 0 spiro atoms. The second-order valence-electron chi connectivity index (χ2n) is 7.44. The molecule has 0 fully saturated rings. The van der Waals surface area contributed by atoms with Gasteiger partial charge >= 0.3 is 6.09 Å². The highest BCUT2D eigenvalue weighted by molar-refractivity contribution is 7.00. The summed E-state index contributed by atoms with van der Waals surface area (Å²) in [6, 6.07) is 13.5. The van der Waals surface area contributed by atoms with E-state index in [-0.39, 0.29) is 6.54 Å². The Morgan fingerprint density at radius 2 is 1.89 bits per heavy atom. The highest BCUT2D eigenvalue weighted by atomic mass is 32.1. The Labute approximate surface area is 162 Å². The third-order valence-corrected chi connectivity index (χ3v) is 4.59. The van der Waals surface area contributed by atoms with E-state index in [4.69, 9.17) is 4.74 Å². The van der Waals surface area contributed by atoms with E-state index in [1.165, 1.54) is 16.6 Å². The number of carbonyl (C=O) groups excluding carboxylic acids is 1. The summed E-state index contributed by atoms with van der Waals surface area (Å²) in [6.07, 6.45) is -1.26. The quantitative estimate of drug-likeness (QED) is 0.726. The van der Waals surface area contributed by atoms with Crippen LogP contribution in [0.3, 0.4) is 0 Å². The molecule has 0 aliphatic rings. The molecular weight excluding hydrogens is 362 g/mol. The Morgan fingerprint density at radius 3 is 2.56 bits per heavy atom. The molecule has 0 saturated carbocycles. The van der Waals surface area contributed by atoms with Crippen LogP contribution < -0.4 is 0 Å². The van der Waals surface area contributed by atoms with Gasteiger partial charge < -0.3 is 14.7 Å². The fourth-order valence-corrected chi connectivity index (χ4v) is 3.25. The summed E-state index contributed by atoms with van der Waals surface area (Å²) in [7, 11) is 1.61. The Bertz CT molecular complexity index is 932. The number of fused-ring (bicyclic) bond motifs is 1. The molecule has 142 valence electrons. The zero-order chi connectivity index (χ0) is 19.6. The normalized spacial score (nSPS) is 12.8.